The largest absolute Gasteiger partial charge is 0.376 e. The average Bonchev–Trinajstić information content (AvgIpc) is 3.77. The number of fused-ring (bicyclic) bond motifs is 13. The van der Waals surface area contributed by atoms with E-state index in [9.17, 15) is 5.11 Å². The average molecular weight is 888 g/mol. The van der Waals surface area contributed by atoms with E-state index in [4.69, 9.17) is 0 Å². The van der Waals surface area contributed by atoms with E-state index in [1.165, 1.54) is 44.5 Å². The molecule has 0 bridgehead atoms. The molecule has 0 aromatic heterocycles. The number of hydrogen-bond donors (Lipinski definition) is 1. The zero-order chi connectivity index (χ0) is 36.6. The van der Waals surface area contributed by atoms with Gasteiger partial charge in [0.05, 0.1) is 5.41 Å². The lowest BCUT2D eigenvalue weighted by molar-refractivity contribution is 0.131. The highest BCUT2D eigenvalue weighted by Gasteiger charge is 2.51. The van der Waals surface area contributed by atoms with Gasteiger partial charge in [0.25, 0.3) is 0 Å². The van der Waals surface area contributed by atoms with E-state index in [2.05, 4.69) is 163 Å². The molecule has 8 aromatic carbocycles. The summed E-state index contributed by atoms with van der Waals surface area (Å²) in [5, 5.41) is 12.2. The Labute approximate surface area is 340 Å². The minimum absolute atomic E-state index is 0.259. The summed E-state index contributed by atoms with van der Waals surface area (Å²) in [6.45, 7) is 0. The second-order valence-corrected chi connectivity index (χ2v) is 16.8. The first-order chi connectivity index (χ1) is 26.4. The Kier molecular flexibility index (Phi) is 8.05. The molecule has 0 heterocycles. The summed E-state index contributed by atoms with van der Waals surface area (Å²) in [5.41, 5.74) is 16.4. The third-order valence-corrected chi connectivity index (χ3v) is 12.9. The van der Waals surface area contributed by atoms with Crippen LogP contribution in [0, 0.1) is 0 Å². The highest BCUT2D eigenvalue weighted by atomic mass is 79.9. The van der Waals surface area contributed by atoms with Gasteiger partial charge < -0.3 is 5.11 Å². The van der Waals surface area contributed by atoms with Crippen LogP contribution >= 0.6 is 47.8 Å². The lowest BCUT2D eigenvalue weighted by Gasteiger charge is -2.30. The maximum absolute atomic E-state index is 12.2. The number of hydrogen-bond acceptors (Lipinski definition) is 1. The second-order valence-electron chi connectivity index (χ2n) is 14.1. The van der Waals surface area contributed by atoms with Crippen LogP contribution in [0.2, 0.25) is 0 Å². The maximum atomic E-state index is 12.2. The SMILES string of the molecule is Brc1ccc2c(c1)C1(c3ccccc3-2)c2ccccc2-c2ccc(Br)cc21.OC1(c2ccccc2-c2ccccc2)c2ccccc2-c2ccc(Br)cc21. The molecule has 258 valence electrons. The van der Waals surface area contributed by atoms with E-state index in [1.807, 2.05) is 66.7 Å². The first kappa shape index (κ1) is 33.7. The first-order valence-electron chi connectivity index (χ1n) is 18.0. The Morgan fingerprint density at radius 1 is 0.296 bits per heavy atom. The van der Waals surface area contributed by atoms with E-state index in [0.29, 0.717) is 0 Å². The molecule has 3 aliphatic rings. The zero-order valence-corrected chi connectivity index (χ0v) is 33.7. The van der Waals surface area contributed by atoms with E-state index in [-0.39, 0.29) is 5.41 Å². The summed E-state index contributed by atoms with van der Waals surface area (Å²) < 4.78 is 3.20. The minimum atomic E-state index is -1.19. The van der Waals surface area contributed by atoms with Crippen molar-refractivity contribution in [3.63, 3.8) is 0 Å². The van der Waals surface area contributed by atoms with Gasteiger partial charge in [-0.1, -0.05) is 193 Å². The fraction of sp³-hybridized carbons (Fsp3) is 0.0400. The molecule has 54 heavy (non-hydrogen) atoms. The first-order valence-corrected chi connectivity index (χ1v) is 20.4. The van der Waals surface area contributed by atoms with Gasteiger partial charge in [-0.15, -0.1) is 0 Å². The molecule has 1 nitrogen and oxygen atoms in total. The Bertz CT molecular complexity index is 2690. The topological polar surface area (TPSA) is 20.2 Å². The summed E-state index contributed by atoms with van der Waals surface area (Å²) >= 11 is 11.0. The van der Waals surface area contributed by atoms with Gasteiger partial charge in [0.15, 0.2) is 0 Å². The van der Waals surface area contributed by atoms with Gasteiger partial charge in [0.2, 0.25) is 0 Å². The lowest BCUT2D eigenvalue weighted by atomic mass is 9.70. The number of aliphatic hydroxyl groups is 1. The quantitative estimate of drug-likeness (QED) is 0.183. The Morgan fingerprint density at radius 3 is 1.13 bits per heavy atom. The fourth-order valence-corrected chi connectivity index (χ4v) is 10.4. The van der Waals surface area contributed by atoms with Gasteiger partial charge in [-0.25, -0.2) is 0 Å². The third kappa shape index (κ3) is 4.84. The van der Waals surface area contributed by atoms with Crippen molar-refractivity contribution < 1.29 is 5.11 Å². The van der Waals surface area contributed by atoms with Gasteiger partial charge in [0.1, 0.15) is 5.60 Å². The van der Waals surface area contributed by atoms with E-state index in [1.54, 1.807) is 0 Å². The third-order valence-electron chi connectivity index (χ3n) is 11.4. The van der Waals surface area contributed by atoms with Crippen molar-refractivity contribution in [2.24, 2.45) is 0 Å². The van der Waals surface area contributed by atoms with Gasteiger partial charge in [-0.2, -0.15) is 0 Å². The molecule has 3 aliphatic carbocycles. The lowest BCUT2D eigenvalue weighted by Crippen LogP contribution is -2.27. The van der Waals surface area contributed by atoms with Crippen molar-refractivity contribution in [1.29, 1.82) is 0 Å². The number of rotatable bonds is 2. The second kappa shape index (κ2) is 12.9. The van der Waals surface area contributed by atoms with E-state index in [0.717, 1.165) is 52.4 Å². The molecule has 8 aromatic rings. The van der Waals surface area contributed by atoms with Gasteiger partial charge in [-0.3, -0.25) is 0 Å². The molecule has 4 heteroatoms. The minimum Gasteiger partial charge on any atom is -0.376 e. The summed E-state index contributed by atoms with van der Waals surface area (Å²) in [4.78, 5) is 0. The molecule has 0 aliphatic heterocycles. The molecule has 0 saturated carbocycles. The van der Waals surface area contributed by atoms with Crippen LogP contribution in [0.15, 0.2) is 195 Å². The maximum Gasteiger partial charge on any atom is 0.142 e. The highest BCUT2D eigenvalue weighted by Crippen LogP contribution is 2.63. The Hall–Kier alpha value is -4.84. The van der Waals surface area contributed by atoms with Crippen LogP contribution in [0.1, 0.15) is 38.9 Å². The molecular formula is C50H31Br3O. The molecule has 1 atom stereocenters. The summed E-state index contributed by atoms with van der Waals surface area (Å²) in [6.07, 6.45) is 0. The standard InChI is InChI=1S/C25H14Br2.C25H17BrO/c26-15-9-11-19-17-5-1-3-7-21(17)25(23(19)13-15)22-8-4-2-6-18(22)20-12-10-16(27)14-24(20)25;26-18-14-15-21-20-11-5-7-13-23(20)25(27,24(21)16-18)22-12-6-4-10-19(22)17-8-2-1-3-9-17/h1-14H;1-16,27H. The van der Waals surface area contributed by atoms with Gasteiger partial charge in [-0.05, 0) is 103 Å². The number of benzene rings is 8. The predicted molar refractivity (Wildman–Crippen MR) is 232 cm³/mol. The van der Waals surface area contributed by atoms with Crippen molar-refractivity contribution in [1.82, 2.24) is 0 Å². The summed E-state index contributed by atoms with van der Waals surface area (Å²) in [5.74, 6) is 0. The summed E-state index contributed by atoms with van der Waals surface area (Å²) in [6, 6.07) is 63.9. The molecule has 0 saturated heterocycles. The molecule has 0 radical (unpaired) electrons. The van der Waals surface area contributed by atoms with Gasteiger partial charge >= 0.3 is 0 Å². The molecule has 0 fully saturated rings. The van der Waals surface area contributed by atoms with E-state index >= 15 is 0 Å². The van der Waals surface area contributed by atoms with Crippen LogP contribution < -0.4 is 0 Å². The number of halogens is 3. The highest BCUT2D eigenvalue weighted by molar-refractivity contribution is 9.11. The van der Waals surface area contributed by atoms with Crippen molar-refractivity contribution in [3.8, 4) is 44.5 Å². The zero-order valence-electron chi connectivity index (χ0n) is 28.9. The van der Waals surface area contributed by atoms with Crippen LogP contribution in [0.4, 0.5) is 0 Å². The fourth-order valence-electron chi connectivity index (χ4n) is 9.27. The normalized spacial score (nSPS) is 16.0. The van der Waals surface area contributed by atoms with Crippen molar-refractivity contribution in [3.05, 3.63) is 234 Å². The summed E-state index contributed by atoms with van der Waals surface area (Å²) in [7, 11) is 0. The molecule has 1 spiro atoms. The Morgan fingerprint density at radius 2 is 0.630 bits per heavy atom. The van der Waals surface area contributed by atoms with Crippen LogP contribution in [0.3, 0.4) is 0 Å². The monoisotopic (exact) mass is 884 g/mol. The Balaban J connectivity index is 0.000000134. The molecule has 1 N–H and O–H groups in total. The molecule has 1 unspecified atom stereocenters. The smallest absolute Gasteiger partial charge is 0.142 e. The molecule has 11 rings (SSSR count). The van der Waals surface area contributed by atoms with Crippen LogP contribution in [0.25, 0.3) is 44.5 Å². The predicted octanol–water partition coefficient (Wildman–Crippen LogP) is 13.9. The van der Waals surface area contributed by atoms with Crippen molar-refractivity contribution in [2.45, 2.75) is 11.0 Å². The van der Waals surface area contributed by atoms with Crippen molar-refractivity contribution >= 4 is 47.8 Å². The molecule has 0 amide bonds. The van der Waals surface area contributed by atoms with Crippen LogP contribution in [-0.2, 0) is 11.0 Å². The van der Waals surface area contributed by atoms with E-state index < -0.39 is 5.60 Å². The van der Waals surface area contributed by atoms with Crippen LogP contribution in [0.5, 0.6) is 0 Å². The molecular weight excluding hydrogens is 856 g/mol. The van der Waals surface area contributed by atoms with Crippen LogP contribution in [-0.4, -0.2) is 5.11 Å². The van der Waals surface area contributed by atoms with Crippen molar-refractivity contribution in [2.75, 3.05) is 0 Å². The van der Waals surface area contributed by atoms with Gasteiger partial charge in [0, 0.05) is 30.1 Å².